The summed E-state index contributed by atoms with van der Waals surface area (Å²) in [5.74, 6) is 1.14. The van der Waals surface area contributed by atoms with Crippen LogP contribution < -0.4 is 20.3 Å². The zero-order chi connectivity index (χ0) is 26.2. The van der Waals surface area contributed by atoms with E-state index in [1.807, 2.05) is 0 Å². The van der Waals surface area contributed by atoms with Gasteiger partial charge < -0.3 is 20.3 Å². The molecule has 6 rings (SSSR count). The number of hydrogen-bond acceptors (Lipinski definition) is 9. The topological polar surface area (TPSA) is 105 Å². The molecule has 0 aliphatic carbocycles. The van der Waals surface area contributed by atoms with E-state index in [2.05, 4.69) is 35.7 Å². The maximum atomic E-state index is 15.4. The van der Waals surface area contributed by atoms with Crippen LogP contribution in [0.25, 0.3) is 16.7 Å². The molecule has 0 spiro atoms. The lowest BCUT2D eigenvalue weighted by Gasteiger charge is -2.34. The summed E-state index contributed by atoms with van der Waals surface area (Å²) in [5.41, 5.74) is 2.01. The molecule has 5 heterocycles. The molecule has 0 radical (unpaired) electrons. The minimum absolute atomic E-state index is 0.117. The number of ether oxygens (including phenoxy) is 1. The van der Waals surface area contributed by atoms with Crippen molar-refractivity contribution >= 4 is 34.0 Å². The Bertz CT molecular complexity index is 1630. The number of halogens is 3. The van der Waals surface area contributed by atoms with Crippen molar-refractivity contribution in [3.8, 4) is 11.5 Å². The molecule has 4 aromatic heterocycles. The van der Waals surface area contributed by atoms with Crippen molar-refractivity contribution in [3.05, 3.63) is 66.6 Å². The molecule has 1 aliphatic heterocycles. The summed E-state index contributed by atoms with van der Waals surface area (Å²) in [6.07, 6.45) is 2.01. The van der Waals surface area contributed by atoms with Crippen molar-refractivity contribution in [2.75, 3.05) is 29.9 Å². The molecule has 1 fully saturated rings. The van der Waals surface area contributed by atoms with E-state index < -0.39 is 18.3 Å². The van der Waals surface area contributed by atoms with E-state index in [0.29, 0.717) is 58.5 Å². The normalized spacial score (nSPS) is 15.9. The number of nitrogens with one attached hydrogen (secondary N) is 2. The second-order valence-electron chi connectivity index (χ2n) is 8.80. The fourth-order valence-corrected chi connectivity index (χ4v) is 4.34. The Kier molecular flexibility index (Phi) is 6.12. The molecular formula is C25H22F3N9O. The largest absolute Gasteiger partial charge is 0.457 e. The molecule has 194 valence electrons. The predicted molar refractivity (Wildman–Crippen MR) is 135 cm³/mol. The molecule has 0 saturated carbocycles. The van der Waals surface area contributed by atoms with Gasteiger partial charge in [-0.1, -0.05) is 0 Å². The van der Waals surface area contributed by atoms with E-state index in [0.717, 1.165) is 0 Å². The first-order valence-electron chi connectivity index (χ1n) is 11.9. The highest BCUT2D eigenvalue weighted by Gasteiger charge is 2.27. The molecule has 1 saturated heterocycles. The number of anilines is 3. The van der Waals surface area contributed by atoms with Crippen LogP contribution in [0.5, 0.6) is 11.5 Å². The molecule has 2 N–H and O–H groups in total. The van der Waals surface area contributed by atoms with E-state index in [1.54, 1.807) is 58.9 Å². The number of hydrogen-bond donors (Lipinski definition) is 2. The van der Waals surface area contributed by atoms with Crippen LogP contribution >= 0.6 is 0 Å². The zero-order valence-corrected chi connectivity index (χ0v) is 20.1. The second-order valence-corrected chi connectivity index (χ2v) is 8.80. The van der Waals surface area contributed by atoms with E-state index in [9.17, 15) is 8.78 Å². The van der Waals surface area contributed by atoms with E-state index >= 15 is 4.39 Å². The minimum Gasteiger partial charge on any atom is -0.457 e. The summed E-state index contributed by atoms with van der Waals surface area (Å²) in [7, 11) is 0. The Hall–Kier alpha value is -4.52. The molecule has 1 aliphatic rings. The van der Waals surface area contributed by atoms with Gasteiger partial charge >= 0.3 is 0 Å². The van der Waals surface area contributed by atoms with Gasteiger partial charge in [0.05, 0.1) is 17.2 Å². The number of pyridine rings is 2. The van der Waals surface area contributed by atoms with Crippen molar-refractivity contribution in [1.82, 2.24) is 34.9 Å². The molecule has 0 bridgehead atoms. The molecule has 1 atom stereocenters. The predicted octanol–water partition coefficient (Wildman–Crippen LogP) is 4.09. The van der Waals surface area contributed by atoms with Gasteiger partial charge in [0.25, 0.3) is 6.43 Å². The van der Waals surface area contributed by atoms with Gasteiger partial charge in [0.15, 0.2) is 17.3 Å². The first-order chi connectivity index (χ1) is 18.5. The van der Waals surface area contributed by atoms with Crippen LogP contribution in [0.1, 0.15) is 5.56 Å². The van der Waals surface area contributed by atoms with E-state index in [4.69, 9.17) is 4.74 Å². The summed E-state index contributed by atoms with van der Waals surface area (Å²) in [6.45, 7) is 2.67. The number of alkyl halides is 2. The Labute approximate surface area is 214 Å². The van der Waals surface area contributed by atoms with Gasteiger partial charge in [-0.15, -0.1) is 0 Å². The van der Waals surface area contributed by atoms with Gasteiger partial charge in [0, 0.05) is 37.5 Å². The SMILES string of the molecule is Cc1c(Oc2ccn3ncnc3c2)ccc(Nc2ncnc3ccc(N4CCNC(C(F)F)C4)nc23)c1F. The van der Waals surface area contributed by atoms with Crippen molar-refractivity contribution in [2.24, 2.45) is 0 Å². The van der Waals surface area contributed by atoms with Crippen LogP contribution in [-0.4, -0.2) is 61.7 Å². The Morgan fingerprint density at radius 1 is 1.11 bits per heavy atom. The summed E-state index contributed by atoms with van der Waals surface area (Å²) < 4.78 is 49.4. The van der Waals surface area contributed by atoms with Crippen LogP contribution in [0.4, 0.5) is 30.5 Å². The molecule has 38 heavy (non-hydrogen) atoms. The Morgan fingerprint density at radius 3 is 2.87 bits per heavy atom. The molecule has 10 nitrogen and oxygen atoms in total. The monoisotopic (exact) mass is 521 g/mol. The number of benzene rings is 1. The average molecular weight is 522 g/mol. The molecule has 1 aromatic carbocycles. The second kappa shape index (κ2) is 9.74. The number of piperazine rings is 1. The molecule has 5 aromatic rings. The Morgan fingerprint density at radius 2 is 2.00 bits per heavy atom. The highest BCUT2D eigenvalue weighted by Crippen LogP contribution is 2.33. The van der Waals surface area contributed by atoms with E-state index in [-0.39, 0.29) is 12.2 Å². The van der Waals surface area contributed by atoms with Crippen LogP contribution in [0, 0.1) is 12.7 Å². The smallest absolute Gasteiger partial charge is 0.255 e. The minimum atomic E-state index is -2.48. The summed E-state index contributed by atoms with van der Waals surface area (Å²) >= 11 is 0. The van der Waals surface area contributed by atoms with Crippen molar-refractivity contribution in [2.45, 2.75) is 19.4 Å². The third-order valence-electron chi connectivity index (χ3n) is 6.37. The third-order valence-corrected chi connectivity index (χ3v) is 6.37. The van der Waals surface area contributed by atoms with Crippen molar-refractivity contribution in [1.29, 1.82) is 0 Å². The molecular weight excluding hydrogens is 499 g/mol. The van der Waals surface area contributed by atoms with Gasteiger partial charge in [-0.05, 0) is 37.3 Å². The fourth-order valence-electron chi connectivity index (χ4n) is 4.34. The quantitative estimate of drug-likeness (QED) is 0.342. The maximum absolute atomic E-state index is 15.4. The number of fused-ring (bicyclic) bond motifs is 2. The van der Waals surface area contributed by atoms with Gasteiger partial charge in [-0.3, -0.25) is 0 Å². The molecule has 13 heteroatoms. The van der Waals surface area contributed by atoms with Crippen LogP contribution in [-0.2, 0) is 0 Å². The summed E-state index contributed by atoms with van der Waals surface area (Å²) in [6, 6.07) is 9.16. The van der Waals surface area contributed by atoms with Crippen molar-refractivity contribution in [3.63, 3.8) is 0 Å². The number of nitrogens with zero attached hydrogens (tertiary/aromatic N) is 7. The number of aromatic nitrogens is 6. The average Bonchev–Trinajstić information content (AvgIpc) is 3.41. The maximum Gasteiger partial charge on any atom is 0.255 e. The van der Waals surface area contributed by atoms with Gasteiger partial charge in [-0.25, -0.2) is 37.6 Å². The van der Waals surface area contributed by atoms with Gasteiger partial charge in [0.2, 0.25) is 0 Å². The van der Waals surface area contributed by atoms with Crippen LogP contribution in [0.15, 0.2) is 55.2 Å². The van der Waals surface area contributed by atoms with E-state index in [1.165, 1.54) is 12.7 Å². The Balaban J connectivity index is 1.27. The lowest BCUT2D eigenvalue weighted by molar-refractivity contribution is 0.0957. The van der Waals surface area contributed by atoms with Crippen LogP contribution in [0.2, 0.25) is 0 Å². The lowest BCUT2D eigenvalue weighted by atomic mass is 10.1. The highest BCUT2D eigenvalue weighted by molar-refractivity contribution is 5.88. The fraction of sp³-hybridized carbons (Fsp3) is 0.240. The van der Waals surface area contributed by atoms with Gasteiger partial charge in [-0.2, -0.15) is 5.10 Å². The summed E-state index contributed by atoms with van der Waals surface area (Å²) in [5, 5.41) is 9.87. The molecule has 1 unspecified atom stereocenters. The highest BCUT2D eigenvalue weighted by atomic mass is 19.3. The lowest BCUT2D eigenvalue weighted by Crippen LogP contribution is -2.54. The summed E-state index contributed by atoms with van der Waals surface area (Å²) in [4.78, 5) is 19.1. The zero-order valence-electron chi connectivity index (χ0n) is 20.1. The third kappa shape index (κ3) is 4.52. The van der Waals surface area contributed by atoms with Crippen molar-refractivity contribution < 1.29 is 17.9 Å². The van der Waals surface area contributed by atoms with Gasteiger partial charge in [0.1, 0.15) is 35.5 Å². The first-order valence-corrected chi connectivity index (χ1v) is 11.9. The number of rotatable bonds is 6. The first kappa shape index (κ1) is 23.9. The van der Waals surface area contributed by atoms with Crippen LogP contribution in [0.3, 0.4) is 0 Å². The molecule has 0 amide bonds. The standard InChI is InChI=1S/C25H22F3N9O/c1-14-19(38-15-6-8-37-21(10-15)31-13-33-37)4-2-16(22(14)26)34-25-23-17(30-12-32-25)3-5-20(35-23)36-9-7-29-18(11-36)24(27)28/h2-6,8,10,12-13,18,24,29H,7,9,11H2,1H3,(H,30,32,34).